The van der Waals surface area contributed by atoms with Crippen LogP contribution < -0.4 is 5.32 Å². The monoisotopic (exact) mass is 182 g/mol. The van der Waals surface area contributed by atoms with Gasteiger partial charge in [-0.05, 0) is 37.9 Å². The molecule has 0 amide bonds. The molecule has 1 rings (SSSR count). The van der Waals surface area contributed by atoms with E-state index in [4.69, 9.17) is 0 Å². The fourth-order valence-corrected chi connectivity index (χ4v) is 1.39. The third kappa shape index (κ3) is 2.22. The molecule has 0 aromatic carbocycles. The first-order chi connectivity index (χ1) is 5.77. The highest BCUT2D eigenvalue weighted by atomic mass is 32.2. The highest BCUT2D eigenvalue weighted by molar-refractivity contribution is 7.98. The maximum Gasteiger partial charge on any atom is 0.0960 e. The molecule has 0 bridgehead atoms. The predicted octanol–water partition coefficient (Wildman–Crippen LogP) is 2.08. The number of hydrogen-bond donors (Lipinski definition) is 1. The van der Waals surface area contributed by atoms with E-state index in [0.29, 0.717) is 6.04 Å². The molecule has 0 aliphatic heterocycles. The van der Waals surface area contributed by atoms with Crippen LogP contribution in [0.3, 0.4) is 0 Å². The number of nitrogens with zero attached hydrogens (tertiary/aromatic N) is 1. The first kappa shape index (κ1) is 9.55. The van der Waals surface area contributed by atoms with E-state index in [-0.39, 0.29) is 0 Å². The van der Waals surface area contributed by atoms with Gasteiger partial charge in [0.25, 0.3) is 0 Å². The molecule has 1 unspecified atom stereocenters. The van der Waals surface area contributed by atoms with E-state index in [9.17, 15) is 0 Å². The minimum atomic E-state index is 0.402. The fourth-order valence-electron chi connectivity index (χ4n) is 0.972. The Morgan fingerprint density at radius 1 is 1.58 bits per heavy atom. The van der Waals surface area contributed by atoms with Crippen LogP contribution in [0.25, 0.3) is 0 Å². The van der Waals surface area contributed by atoms with Crippen molar-refractivity contribution in [1.29, 1.82) is 0 Å². The van der Waals surface area contributed by atoms with Crippen LogP contribution in [0, 0.1) is 0 Å². The number of hydrogen-bond acceptors (Lipinski definition) is 3. The number of nitrogens with one attached hydrogen (secondary N) is 1. The molecule has 1 aromatic heterocycles. The molecule has 1 heterocycles. The smallest absolute Gasteiger partial charge is 0.0960 e. The van der Waals surface area contributed by atoms with Crippen molar-refractivity contribution in [2.75, 3.05) is 13.3 Å². The largest absolute Gasteiger partial charge is 0.313 e. The van der Waals surface area contributed by atoms with Gasteiger partial charge in [0.15, 0.2) is 0 Å². The average molecular weight is 182 g/mol. The first-order valence-corrected chi connectivity index (χ1v) is 5.17. The van der Waals surface area contributed by atoms with Gasteiger partial charge in [-0.2, -0.15) is 0 Å². The Labute approximate surface area is 77.8 Å². The maximum atomic E-state index is 4.21. The molecule has 1 atom stereocenters. The Kier molecular flexibility index (Phi) is 3.56. The normalized spacial score (nSPS) is 12.9. The van der Waals surface area contributed by atoms with Crippen molar-refractivity contribution < 1.29 is 0 Å². The molecule has 0 aliphatic carbocycles. The van der Waals surface area contributed by atoms with Crippen LogP contribution in [0.15, 0.2) is 23.4 Å². The van der Waals surface area contributed by atoms with Crippen LogP contribution in [0.2, 0.25) is 0 Å². The van der Waals surface area contributed by atoms with Crippen LogP contribution in [0.5, 0.6) is 0 Å². The Bertz CT molecular complexity index is 250. The molecule has 0 radical (unpaired) electrons. The maximum absolute atomic E-state index is 4.21. The summed E-state index contributed by atoms with van der Waals surface area (Å²) in [6.45, 7) is 2.14. The first-order valence-electron chi connectivity index (χ1n) is 3.95. The zero-order valence-corrected chi connectivity index (χ0v) is 8.48. The highest BCUT2D eigenvalue weighted by Gasteiger charge is 2.02. The fraction of sp³-hybridized carbons (Fsp3) is 0.444. The van der Waals surface area contributed by atoms with Gasteiger partial charge >= 0.3 is 0 Å². The van der Waals surface area contributed by atoms with E-state index >= 15 is 0 Å². The van der Waals surface area contributed by atoms with Crippen molar-refractivity contribution >= 4 is 11.8 Å². The van der Waals surface area contributed by atoms with Gasteiger partial charge in [0.05, 0.1) is 5.03 Å². The molecule has 0 aliphatic rings. The average Bonchev–Trinajstić information content (AvgIpc) is 2.17. The highest BCUT2D eigenvalue weighted by Crippen LogP contribution is 2.17. The van der Waals surface area contributed by atoms with Crippen molar-refractivity contribution in [2.45, 2.75) is 18.0 Å². The number of aromatic nitrogens is 1. The van der Waals surface area contributed by atoms with E-state index in [0.717, 1.165) is 5.03 Å². The standard InChI is InChI=1S/C9H14N2S/c1-7(10-2)8-4-5-11-9(6-8)12-3/h4-7,10H,1-3H3. The van der Waals surface area contributed by atoms with E-state index in [2.05, 4.69) is 23.3 Å². The van der Waals surface area contributed by atoms with Gasteiger partial charge in [-0.3, -0.25) is 0 Å². The van der Waals surface area contributed by atoms with Crippen molar-refractivity contribution in [3.63, 3.8) is 0 Å². The quantitative estimate of drug-likeness (QED) is 0.724. The molecule has 0 fully saturated rings. The van der Waals surface area contributed by atoms with Gasteiger partial charge < -0.3 is 5.32 Å². The predicted molar refractivity (Wildman–Crippen MR) is 53.5 cm³/mol. The Balaban J connectivity index is 2.86. The molecule has 66 valence electrons. The zero-order chi connectivity index (χ0) is 8.97. The lowest BCUT2D eigenvalue weighted by molar-refractivity contribution is 0.649. The second-order valence-corrected chi connectivity index (χ2v) is 3.47. The van der Waals surface area contributed by atoms with Crippen LogP contribution in [0.4, 0.5) is 0 Å². The summed E-state index contributed by atoms with van der Waals surface area (Å²) in [5.41, 5.74) is 1.29. The second kappa shape index (κ2) is 4.48. The summed E-state index contributed by atoms with van der Waals surface area (Å²) in [5.74, 6) is 0. The molecule has 12 heavy (non-hydrogen) atoms. The zero-order valence-electron chi connectivity index (χ0n) is 7.66. The lowest BCUT2D eigenvalue weighted by Crippen LogP contribution is -2.12. The topological polar surface area (TPSA) is 24.9 Å². The van der Waals surface area contributed by atoms with Gasteiger partial charge in [-0.15, -0.1) is 11.8 Å². The van der Waals surface area contributed by atoms with E-state index < -0.39 is 0 Å². The van der Waals surface area contributed by atoms with Crippen molar-refractivity contribution in [3.8, 4) is 0 Å². The molecule has 0 saturated carbocycles. The van der Waals surface area contributed by atoms with Crippen LogP contribution >= 0.6 is 11.8 Å². The van der Waals surface area contributed by atoms with E-state index in [1.807, 2.05) is 25.6 Å². The van der Waals surface area contributed by atoms with Crippen LogP contribution in [0.1, 0.15) is 18.5 Å². The molecule has 0 spiro atoms. The molecule has 0 saturated heterocycles. The van der Waals surface area contributed by atoms with Gasteiger partial charge in [0, 0.05) is 12.2 Å². The molecule has 1 N–H and O–H groups in total. The van der Waals surface area contributed by atoms with Gasteiger partial charge in [0.2, 0.25) is 0 Å². The SMILES string of the molecule is CNC(C)c1ccnc(SC)c1. The Morgan fingerprint density at radius 3 is 2.92 bits per heavy atom. The molecule has 3 heteroatoms. The lowest BCUT2D eigenvalue weighted by atomic mass is 10.1. The third-order valence-electron chi connectivity index (χ3n) is 1.90. The molecular formula is C9H14N2S. The number of pyridine rings is 1. The third-order valence-corrected chi connectivity index (χ3v) is 2.54. The summed E-state index contributed by atoms with van der Waals surface area (Å²) in [7, 11) is 1.96. The van der Waals surface area contributed by atoms with Gasteiger partial charge in [0.1, 0.15) is 0 Å². The Hall–Kier alpha value is -0.540. The summed E-state index contributed by atoms with van der Waals surface area (Å²) in [6, 6.07) is 4.56. The summed E-state index contributed by atoms with van der Waals surface area (Å²) < 4.78 is 0. The summed E-state index contributed by atoms with van der Waals surface area (Å²) >= 11 is 1.67. The van der Waals surface area contributed by atoms with Crippen molar-refractivity contribution in [3.05, 3.63) is 23.9 Å². The summed E-state index contributed by atoms with van der Waals surface area (Å²) in [5, 5.41) is 4.27. The molecular weight excluding hydrogens is 168 g/mol. The van der Waals surface area contributed by atoms with E-state index in [1.54, 1.807) is 11.8 Å². The lowest BCUT2D eigenvalue weighted by Gasteiger charge is -2.10. The molecule has 2 nitrogen and oxygen atoms in total. The molecule has 1 aromatic rings. The number of thioether (sulfide) groups is 1. The number of rotatable bonds is 3. The summed E-state index contributed by atoms with van der Waals surface area (Å²) in [6.07, 6.45) is 3.89. The van der Waals surface area contributed by atoms with E-state index in [1.165, 1.54) is 5.56 Å². The van der Waals surface area contributed by atoms with Gasteiger partial charge in [-0.25, -0.2) is 4.98 Å². The van der Waals surface area contributed by atoms with Crippen LogP contribution in [-0.4, -0.2) is 18.3 Å². The van der Waals surface area contributed by atoms with Crippen molar-refractivity contribution in [1.82, 2.24) is 10.3 Å². The van der Waals surface area contributed by atoms with Gasteiger partial charge in [-0.1, -0.05) is 0 Å². The second-order valence-electron chi connectivity index (χ2n) is 2.64. The summed E-state index contributed by atoms with van der Waals surface area (Å²) in [4.78, 5) is 4.21. The minimum absolute atomic E-state index is 0.402. The minimum Gasteiger partial charge on any atom is -0.313 e. The Morgan fingerprint density at radius 2 is 2.33 bits per heavy atom. The van der Waals surface area contributed by atoms with Crippen molar-refractivity contribution in [2.24, 2.45) is 0 Å². The van der Waals surface area contributed by atoms with Crippen LogP contribution in [-0.2, 0) is 0 Å².